The number of likely N-dealkylation sites (tertiary alicyclic amines) is 1. The summed E-state index contributed by atoms with van der Waals surface area (Å²) < 4.78 is 10.7. The monoisotopic (exact) mass is 699 g/mol. The molecule has 1 aromatic carbocycles. The molecule has 0 aliphatic carbocycles. The van der Waals surface area contributed by atoms with Crippen LogP contribution in [0.15, 0.2) is 43.0 Å². The van der Waals surface area contributed by atoms with Gasteiger partial charge in [0.1, 0.15) is 30.3 Å². The maximum Gasteiger partial charge on any atom is 0.408 e. The molecule has 5 amide bonds. The molecule has 0 aromatic heterocycles. The van der Waals surface area contributed by atoms with Gasteiger partial charge in [0.05, 0.1) is 6.04 Å². The normalized spacial score (nSPS) is 16.0. The van der Waals surface area contributed by atoms with Gasteiger partial charge in [-0.25, -0.2) is 9.59 Å². The average molecular weight is 700 g/mol. The van der Waals surface area contributed by atoms with Crippen LogP contribution in [0.1, 0.15) is 85.6 Å². The highest BCUT2D eigenvalue weighted by atomic mass is 16.6. The molecule has 0 spiro atoms. The number of carbonyl (C=O) groups excluding carboxylic acids is 7. The zero-order valence-corrected chi connectivity index (χ0v) is 30.0. The third-order valence-corrected chi connectivity index (χ3v) is 7.79. The number of carbonyl (C=O) groups is 7. The van der Waals surface area contributed by atoms with Crippen LogP contribution in [0, 0.1) is 5.92 Å². The Hall–Kier alpha value is -4.75. The second-order valence-corrected chi connectivity index (χ2v) is 13.5. The fourth-order valence-electron chi connectivity index (χ4n) is 5.28. The number of esters is 1. The van der Waals surface area contributed by atoms with Gasteiger partial charge < -0.3 is 35.6 Å². The molecule has 2 rings (SSSR count). The van der Waals surface area contributed by atoms with Crippen LogP contribution in [-0.2, 0) is 44.8 Å². The van der Waals surface area contributed by atoms with Crippen LogP contribution in [0.5, 0.6) is 0 Å². The summed E-state index contributed by atoms with van der Waals surface area (Å²) in [5, 5.41) is 10.3. The van der Waals surface area contributed by atoms with Gasteiger partial charge in [-0.05, 0) is 57.9 Å². The number of ether oxygens (including phenoxy) is 2. The van der Waals surface area contributed by atoms with Gasteiger partial charge in [-0.2, -0.15) is 0 Å². The molecule has 14 heteroatoms. The number of ketones is 1. The van der Waals surface area contributed by atoms with Crippen LogP contribution in [0.2, 0.25) is 0 Å². The second-order valence-electron chi connectivity index (χ2n) is 13.5. The maximum absolute atomic E-state index is 13.8. The minimum absolute atomic E-state index is 0.0253. The van der Waals surface area contributed by atoms with Gasteiger partial charge in [-0.3, -0.25) is 24.0 Å². The van der Waals surface area contributed by atoms with Crippen molar-refractivity contribution in [2.75, 3.05) is 13.1 Å². The SMILES string of the molecule is C=CCNC(=O)C(=O)[C@H](CCC)NC(=O)[C@@H]1CCCN1C(=O)[C@@H](NC(=O)CC[C@H](NC(=O)OCc1ccccc1)C(=O)OC(C)(C)C)C(C)C. The summed E-state index contributed by atoms with van der Waals surface area (Å²) >= 11 is 0. The molecule has 1 heterocycles. The van der Waals surface area contributed by atoms with Crippen molar-refractivity contribution in [1.29, 1.82) is 0 Å². The fraction of sp³-hybridized carbons (Fsp3) is 0.583. The van der Waals surface area contributed by atoms with Gasteiger partial charge in [0.25, 0.3) is 5.91 Å². The third-order valence-electron chi connectivity index (χ3n) is 7.79. The van der Waals surface area contributed by atoms with E-state index in [2.05, 4.69) is 27.8 Å². The molecule has 276 valence electrons. The molecule has 0 radical (unpaired) electrons. The average Bonchev–Trinajstić information content (AvgIpc) is 3.56. The molecule has 1 aliphatic rings. The van der Waals surface area contributed by atoms with Gasteiger partial charge in [-0.15, -0.1) is 6.58 Å². The van der Waals surface area contributed by atoms with Crippen molar-refractivity contribution in [2.45, 2.75) is 116 Å². The van der Waals surface area contributed by atoms with Gasteiger partial charge >= 0.3 is 12.1 Å². The first-order valence-corrected chi connectivity index (χ1v) is 17.1. The van der Waals surface area contributed by atoms with Crippen molar-refractivity contribution in [2.24, 2.45) is 5.92 Å². The number of Topliss-reactive ketones (excluding diaryl/α,β-unsaturated/α-hetero) is 1. The number of alkyl carbamates (subject to hydrolysis) is 1. The van der Waals surface area contributed by atoms with Crippen LogP contribution in [0.4, 0.5) is 4.79 Å². The fourth-order valence-corrected chi connectivity index (χ4v) is 5.28. The van der Waals surface area contributed by atoms with Crippen LogP contribution in [-0.4, -0.2) is 89.2 Å². The van der Waals surface area contributed by atoms with E-state index in [1.54, 1.807) is 58.9 Å². The summed E-state index contributed by atoms with van der Waals surface area (Å²) in [5.74, 6) is -4.32. The summed E-state index contributed by atoms with van der Waals surface area (Å²) in [6.45, 7) is 14.2. The molecule has 1 aromatic rings. The highest BCUT2D eigenvalue weighted by Gasteiger charge is 2.40. The Bertz CT molecular complexity index is 1360. The summed E-state index contributed by atoms with van der Waals surface area (Å²) in [6, 6.07) is 4.82. The first-order valence-electron chi connectivity index (χ1n) is 17.1. The molecular formula is C36H53N5O9. The van der Waals surface area contributed by atoms with Crippen LogP contribution in [0.3, 0.4) is 0 Å². The Kier molecular flexibility index (Phi) is 16.6. The number of amides is 5. The van der Waals surface area contributed by atoms with Crippen molar-refractivity contribution >= 4 is 41.5 Å². The van der Waals surface area contributed by atoms with Crippen LogP contribution >= 0.6 is 0 Å². The Labute approximate surface area is 294 Å². The number of nitrogens with one attached hydrogen (secondary N) is 4. The lowest BCUT2D eigenvalue weighted by Crippen LogP contribution is -2.57. The largest absolute Gasteiger partial charge is 0.458 e. The summed E-state index contributed by atoms with van der Waals surface area (Å²) in [6.07, 6.45) is 1.83. The van der Waals surface area contributed by atoms with E-state index in [1.807, 2.05) is 13.0 Å². The van der Waals surface area contributed by atoms with Crippen molar-refractivity contribution in [3.05, 3.63) is 48.6 Å². The molecule has 1 aliphatic heterocycles. The van der Waals surface area contributed by atoms with Crippen molar-refractivity contribution in [1.82, 2.24) is 26.2 Å². The van der Waals surface area contributed by atoms with Crippen molar-refractivity contribution in [3.63, 3.8) is 0 Å². The molecular weight excluding hydrogens is 646 g/mol. The second kappa shape index (κ2) is 20.1. The van der Waals surface area contributed by atoms with Crippen LogP contribution in [0.25, 0.3) is 0 Å². The lowest BCUT2D eigenvalue weighted by Gasteiger charge is -2.31. The maximum atomic E-state index is 13.8. The van der Waals surface area contributed by atoms with Crippen molar-refractivity contribution in [3.8, 4) is 0 Å². The van der Waals surface area contributed by atoms with Gasteiger partial charge in [0, 0.05) is 19.5 Å². The first kappa shape index (κ1) is 41.4. The number of hydrogen-bond acceptors (Lipinski definition) is 9. The summed E-state index contributed by atoms with van der Waals surface area (Å²) in [4.78, 5) is 92.3. The third kappa shape index (κ3) is 13.6. The Morgan fingerprint density at radius 2 is 1.66 bits per heavy atom. The quantitative estimate of drug-likeness (QED) is 0.101. The van der Waals surface area contributed by atoms with E-state index in [0.29, 0.717) is 19.3 Å². The number of nitrogens with zero attached hydrogens (tertiary/aromatic N) is 1. The standard InChI is InChI=1S/C36H53N5O9/c1-8-14-25(30(43)32(45)37-20-9-2)38-31(44)27-17-13-21-41(27)33(46)29(23(3)4)40-28(42)19-18-26(34(47)50-36(5,6)7)39-35(48)49-22-24-15-11-10-12-16-24/h9-12,15-16,23,25-27,29H,2,8,13-14,17-22H2,1,3-7H3,(H,37,45)(H,38,44)(H,39,48)(H,40,42)/t25-,26-,27-,29-/m0/s1. The topological polar surface area (TPSA) is 189 Å². The highest BCUT2D eigenvalue weighted by Crippen LogP contribution is 2.21. The molecule has 1 saturated heterocycles. The molecule has 0 unspecified atom stereocenters. The van der Waals surface area contributed by atoms with Gasteiger partial charge in [0.2, 0.25) is 23.5 Å². The summed E-state index contributed by atoms with van der Waals surface area (Å²) in [7, 11) is 0. The molecule has 0 saturated carbocycles. The van der Waals surface area contributed by atoms with E-state index in [1.165, 1.54) is 11.0 Å². The van der Waals surface area contributed by atoms with Gasteiger partial charge in [0.15, 0.2) is 0 Å². The zero-order chi connectivity index (χ0) is 37.4. The van der Waals surface area contributed by atoms with E-state index < -0.39 is 71.2 Å². The Balaban J connectivity index is 2.09. The molecule has 50 heavy (non-hydrogen) atoms. The molecule has 4 atom stereocenters. The molecule has 0 bridgehead atoms. The Morgan fingerprint density at radius 1 is 0.980 bits per heavy atom. The van der Waals surface area contributed by atoms with E-state index in [4.69, 9.17) is 9.47 Å². The molecule has 4 N–H and O–H groups in total. The minimum atomic E-state index is -1.21. The van der Waals surface area contributed by atoms with Gasteiger partial charge in [-0.1, -0.05) is 63.6 Å². The van der Waals surface area contributed by atoms with Crippen LogP contribution < -0.4 is 21.3 Å². The molecule has 14 nitrogen and oxygen atoms in total. The number of benzene rings is 1. The Morgan fingerprint density at radius 3 is 2.26 bits per heavy atom. The molecule has 1 fully saturated rings. The van der Waals surface area contributed by atoms with Crippen molar-refractivity contribution < 1.29 is 43.0 Å². The zero-order valence-electron chi connectivity index (χ0n) is 30.0. The van der Waals surface area contributed by atoms with E-state index in [-0.39, 0.29) is 44.9 Å². The minimum Gasteiger partial charge on any atom is -0.458 e. The lowest BCUT2D eigenvalue weighted by molar-refractivity contribution is -0.157. The van der Waals surface area contributed by atoms with E-state index in [9.17, 15) is 33.6 Å². The number of hydrogen-bond donors (Lipinski definition) is 4. The highest BCUT2D eigenvalue weighted by molar-refractivity contribution is 6.38. The smallest absolute Gasteiger partial charge is 0.408 e. The predicted molar refractivity (Wildman–Crippen MR) is 185 cm³/mol. The van der Waals surface area contributed by atoms with E-state index in [0.717, 1.165) is 5.56 Å². The number of rotatable bonds is 18. The lowest BCUT2D eigenvalue weighted by atomic mass is 10.0. The predicted octanol–water partition coefficient (Wildman–Crippen LogP) is 2.69. The first-order chi connectivity index (χ1) is 23.6. The summed E-state index contributed by atoms with van der Waals surface area (Å²) in [5.41, 5.74) is -0.109. The van der Waals surface area contributed by atoms with E-state index >= 15 is 0 Å².